The van der Waals surface area contributed by atoms with Crippen LogP contribution in [0.1, 0.15) is 13.3 Å². The van der Waals surface area contributed by atoms with Gasteiger partial charge in [0.05, 0.1) is 5.75 Å². The molecule has 0 aromatic carbocycles. The summed E-state index contributed by atoms with van der Waals surface area (Å²) in [6, 6.07) is -0.786. The number of nitrogens with one attached hydrogen (secondary N) is 2. The number of hydrogen-bond acceptors (Lipinski definition) is 5. The molecule has 0 radical (unpaired) electrons. The number of carbonyl (C=O) groups is 1. The fraction of sp³-hybridized carbons (Fsp3) is 0.625. The maximum absolute atomic E-state index is 11.1. The Bertz CT molecular complexity index is 351. The summed E-state index contributed by atoms with van der Waals surface area (Å²) in [5.41, 5.74) is 1.96. The van der Waals surface area contributed by atoms with Crippen molar-refractivity contribution in [3.05, 3.63) is 12.2 Å². The largest absolute Gasteiger partial charge is 0.302 e. The molecule has 8 heteroatoms. The SMILES string of the molecule is C=C(C)[C@H](NCCCS(=O)(=O)O)C(=O)NO. The van der Waals surface area contributed by atoms with E-state index in [-0.39, 0.29) is 18.7 Å². The van der Waals surface area contributed by atoms with E-state index in [1.54, 1.807) is 6.92 Å². The van der Waals surface area contributed by atoms with Gasteiger partial charge in [-0.15, -0.1) is 0 Å². The minimum atomic E-state index is -3.98. The van der Waals surface area contributed by atoms with Crippen LogP contribution in [-0.2, 0) is 14.9 Å². The highest BCUT2D eigenvalue weighted by Gasteiger charge is 2.17. The van der Waals surface area contributed by atoms with E-state index in [0.29, 0.717) is 5.57 Å². The minimum absolute atomic E-state index is 0.154. The molecule has 1 amide bonds. The van der Waals surface area contributed by atoms with Gasteiger partial charge in [0.1, 0.15) is 6.04 Å². The van der Waals surface area contributed by atoms with E-state index in [9.17, 15) is 13.2 Å². The van der Waals surface area contributed by atoms with Crippen molar-refractivity contribution in [2.75, 3.05) is 12.3 Å². The van der Waals surface area contributed by atoms with Crippen molar-refractivity contribution in [3.8, 4) is 0 Å². The van der Waals surface area contributed by atoms with Crippen molar-refractivity contribution in [1.82, 2.24) is 10.8 Å². The van der Waals surface area contributed by atoms with E-state index in [1.165, 1.54) is 5.48 Å². The highest BCUT2D eigenvalue weighted by Crippen LogP contribution is 1.98. The van der Waals surface area contributed by atoms with Gasteiger partial charge in [0.25, 0.3) is 16.0 Å². The Morgan fingerprint density at radius 3 is 2.44 bits per heavy atom. The van der Waals surface area contributed by atoms with E-state index in [1.807, 2.05) is 0 Å². The summed E-state index contributed by atoms with van der Waals surface area (Å²) in [6.45, 7) is 5.34. The average Bonchev–Trinajstić information content (AvgIpc) is 2.14. The van der Waals surface area contributed by atoms with E-state index < -0.39 is 22.1 Å². The minimum Gasteiger partial charge on any atom is -0.302 e. The van der Waals surface area contributed by atoms with Crippen molar-refractivity contribution in [2.45, 2.75) is 19.4 Å². The third-order valence-corrected chi connectivity index (χ3v) is 2.60. The lowest BCUT2D eigenvalue weighted by Gasteiger charge is -2.16. The topological polar surface area (TPSA) is 116 Å². The molecule has 4 N–H and O–H groups in total. The molecular formula is C8H16N2O5S. The van der Waals surface area contributed by atoms with E-state index >= 15 is 0 Å². The maximum Gasteiger partial charge on any atom is 0.264 e. The number of hydroxylamine groups is 1. The summed E-state index contributed by atoms with van der Waals surface area (Å²) in [5.74, 6) is -1.05. The Balaban J connectivity index is 4.05. The average molecular weight is 252 g/mol. The molecule has 0 saturated heterocycles. The number of amides is 1. The van der Waals surface area contributed by atoms with E-state index in [2.05, 4.69) is 11.9 Å². The molecule has 0 aliphatic carbocycles. The molecule has 0 heterocycles. The molecule has 0 bridgehead atoms. The molecule has 0 aromatic rings. The van der Waals surface area contributed by atoms with Crippen LogP contribution in [0.3, 0.4) is 0 Å². The first-order valence-electron chi connectivity index (χ1n) is 4.56. The van der Waals surface area contributed by atoms with Crippen LogP contribution in [-0.4, -0.2) is 42.4 Å². The maximum atomic E-state index is 11.1. The predicted molar refractivity (Wildman–Crippen MR) is 57.6 cm³/mol. The van der Waals surface area contributed by atoms with Gasteiger partial charge in [-0.25, -0.2) is 5.48 Å². The Morgan fingerprint density at radius 1 is 1.50 bits per heavy atom. The standard InChI is InChI=1S/C8H16N2O5S/c1-6(2)7(8(11)10-12)9-4-3-5-16(13,14)15/h7,9,12H,1,3-5H2,2H3,(H,10,11)(H,13,14,15)/t7-/m0/s1. The Labute approximate surface area is 94.2 Å². The lowest BCUT2D eigenvalue weighted by atomic mass is 10.1. The summed E-state index contributed by atoms with van der Waals surface area (Å²) in [4.78, 5) is 11.1. The van der Waals surface area contributed by atoms with Crippen molar-refractivity contribution >= 4 is 16.0 Å². The van der Waals surface area contributed by atoms with Crippen LogP contribution in [0.5, 0.6) is 0 Å². The lowest BCUT2D eigenvalue weighted by molar-refractivity contribution is -0.130. The van der Waals surface area contributed by atoms with Gasteiger partial charge >= 0.3 is 0 Å². The molecule has 0 fully saturated rings. The van der Waals surface area contributed by atoms with Gasteiger partial charge < -0.3 is 5.32 Å². The van der Waals surface area contributed by atoms with Crippen LogP contribution in [0, 0.1) is 0 Å². The Morgan fingerprint density at radius 2 is 2.06 bits per heavy atom. The molecule has 94 valence electrons. The highest BCUT2D eigenvalue weighted by atomic mass is 32.2. The molecule has 0 aromatic heterocycles. The highest BCUT2D eigenvalue weighted by molar-refractivity contribution is 7.85. The molecule has 0 saturated carbocycles. The van der Waals surface area contributed by atoms with Crippen LogP contribution in [0.4, 0.5) is 0 Å². The van der Waals surface area contributed by atoms with Crippen LogP contribution in [0.25, 0.3) is 0 Å². The van der Waals surface area contributed by atoms with E-state index in [4.69, 9.17) is 9.76 Å². The third kappa shape index (κ3) is 6.51. The molecule has 16 heavy (non-hydrogen) atoms. The molecule has 0 rings (SSSR count). The second-order valence-corrected chi connectivity index (χ2v) is 4.92. The van der Waals surface area contributed by atoms with E-state index in [0.717, 1.165) is 0 Å². The molecule has 7 nitrogen and oxygen atoms in total. The quantitative estimate of drug-likeness (QED) is 0.157. The zero-order valence-corrected chi connectivity index (χ0v) is 9.75. The number of carbonyl (C=O) groups excluding carboxylic acids is 1. The third-order valence-electron chi connectivity index (χ3n) is 1.79. The van der Waals surface area contributed by atoms with Crippen LogP contribution < -0.4 is 10.8 Å². The molecule has 0 aliphatic rings. The van der Waals surface area contributed by atoms with Crippen LogP contribution in [0.15, 0.2) is 12.2 Å². The Kier molecular flexibility index (Phi) is 6.19. The first-order chi connectivity index (χ1) is 7.28. The smallest absolute Gasteiger partial charge is 0.264 e. The first-order valence-corrected chi connectivity index (χ1v) is 6.16. The molecule has 0 unspecified atom stereocenters. The zero-order chi connectivity index (χ0) is 12.8. The summed E-state index contributed by atoms with van der Waals surface area (Å²) >= 11 is 0. The predicted octanol–water partition coefficient (Wildman–Crippen LogP) is -0.696. The zero-order valence-electron chi connectivity index (χ0n) is 8.93. The summed E-state index contributed by atoms with van der Waals surface area (Å²) in [7, 11) is -3.98. The van der Waals surface area contributed by atoms with Gasteiger partial charge in [0.15, 0.2) is 0 Å². The van der Waals surface area contributed by atoms with Gasteiger partial charge in [0.2, 0.25) is 0 Å². The summed E-state index contributed by atoms with van der Waals surface area (Å²) in [5, 5.41) is 11.1. The van der Waals surface area contributed by atoms with Crippen LogP contribution in [0.2, 0.25) is 0 Å². The fourth-order valence-electron chi connectivity index (χ4n) is 1.06. The molecule has 0 aliphatic heterocycles. The van der Waals surface area contributed by atoms with Gasteiger partial charge in [-0.2, -0.15) is 8.42 Å². The first kappa shape index (κ1) is 15.0. The monoisotopic (exact) mass is 252 g/mol. The summed E-state index contributed by atoms with van der Waals surface area (Å²) < 4.78 is 29.2. The second-order valence-electron chi connectivity index (χ2n) is 3.35. The van der Waals surface area contributed by atoms with Crippen molar-refractivity contribution in [1.29, 1.82) is 0 Å². The van der Waals surface area contributed by atoms with Crippen LogP contribution >= 0.6 is 0 Å². The van der Waals surface area contributed by atoms with Crippen molar-refractivity contribution < 1.29 is 23.0 Å². The van der Waals surface area contributed by atoms with Gasteiger partial charge in [0, 0.05) is 0 Å². The van der Waals surface area contributed by atoms with Crippen molar-refractivity contribution in [3.63, 3.8) is 0 Å². The Hall–Kier alpha value is -0.960. The molecule has 1 atom stereocenters. The number of rotatable bonds is 7. The lowest BCUT2D eigenvalue weighted by Crippen LogP contribution is -2.44. The molecular weight excluding hydrogens is 236 g/mol. The normalized spacial score (nSPS) is 13.2. The fourth-order valence-corrected chi connectivity index (χ4v) is 1.57. The second kappa shape index (κ2) is 6.59. The van der Waals surface area contributed by atoms with Gasteiger partial charge in [-0.3, -0.25) is 14.6 Å². The van der Waals surface area contributed by atoms with Crippen molar-refractivity contribution in [2.24, 2.45) is 0 Å². The number of hydrogen-bond donors (Lipinski definition) is 4. The summed E-state index contributed by atoms with van der Waals surface area (Å²) in [6.07, 6.45) is 0.154. The van der Waals surface area contributed by atoms with Gasteiger partial charge in [-0.05, 0) is 19.9 Å². The van der Waals surface area contributed by atoms with Gasteiger partial charge in [-0.1, -0.05) is 12.2 Å². The molecule has 0 spiro atoms.